The van der Waals surface area contributed by atoms with E-state index < -0.39 is 29.3 Å². The van der Waals surface area contributed by atoms with Gasteiger partial charge in [-0.3, -0.25) is 9.69 Å². The minimum Gasteiger partial charge on any atom is -0.443 e. The number of carbonyl (C=O) groups excluding carboxylic acids is 2. The van der Waals surface area contributed by atoms with E-state index in [2.05, 4.69) is 22.3 Å². The molecule has 2 unspecified atom stereocenters. The summed E-state index contributed by atoms with van der Waals surface area (Å²) in [6.45, 7) is 14.4. The lowest BCUT2D eigenvalue weighted by atomic mass is 9.82. The molecule has 3 N–H and O–H groups in total. The number of hydrogen-bond acceptors (Lipinski definition) is 6. The number of ether oxygens (including phenoxy) is 1. The van der Waals surface area contributed by atoms with Crippen molar-refractivity contribution >= 4 is 22.9 Å². The normalized spacial score (nSPS) is 17.8. The summed E-state index contributed by atoms with van der Waals surface area (Å²) in [7, 11) is 0. The van der Waals surface area contributed by atoms with E-state index >= 15 is 0 Å². The molecular weight excluding hydrogens is 518 g/mol. The van der Waals surface area contributed by atoms with E-state index in [1.807, 2.05) is 53.7 Å². The maximum atomic E-state index is 13.7. The summed E-state index contributed by atoms with van der Waals surface area (Å²) in [5.74, 6) is -0.237. The van der Waals surface area contributed by atoms with E-state index in [-0.39, 0.29) is 5.91 Å². The molecule has 0 radical (unpaired) electrons. The van der Waals surface area contributed by atoms with Gasteiger partial charge in [0.1, 0.15) is 11.7 Å². The van der Waals surface area contributed by atoms with E-state index in [0.717, 1.165) is 36.1 Å². The van der Waals surface area contributed by atoms with Crippen LogP contribution in [0.1, 0.15) is 94.0 Å². The predicted molar refractivity (Wildman–Crippen MR) is 160 cm³/mol. The van der Waals surface area contributed by atoms with Gasteiger partial charge in [0.05, 0.1) is 22.9 Å². The molecule has 0 bridgehead atoms. The highest BCUT2D eigenvalue weighted by atomic mass is 16.6. The van der Waals surface area contributed by atoms with Crippen molar-refractivity contribution in [1.82, 2.24) is 14.8 Å². The number of likely N-dealkylation sites (tertiary alicyclic amines) is 1. The van der Waals surface area contributed by atoms with Gasteiger partial charge in [-0.1, -0.05) is 39.3 Å². The maximum absolute atomic E-state index is 13.7. The van der Waals surface area contributed by atoms with Crippen LogP contribution in [0.4, 0.5) is 4.79 Å². The number of aromatic nitrogens is 1. The third-order valence-electron chi connectivity index (χ3n) is 8.01. The van der Waals surface area contributed by atoms with Crippen LogP contribution in [0.5, 0.6) is 0 Å². The molecule has 3 aromatic rings. The van der Waals surface area contributed by atoms with Gasteiger partial charge in [-0.05, 0) is 93.1 Å². The molecule has 0 saturated carbocycles. The average molecular weight is 562 g/mol. The third kappa shape index (κ3) is 6.05. The summed E-state index contributed by atoms with van der Waals surface area (Å²) in [4.78, 5) is 29.3. The number of nitrogens with zero attached hydrogens (tertiary/aromatic N) is 2. The SMILES string of the molecule is CC(C)(C)OC(=O)n1c(-c2cc(C(O)C(O)C(C)(C)C)cc3c2C(=O)NC3)cc2cc(CN3CCCCC3)ccc21. The fourth-order valence-electron chi connectivity index (χ4n) is 5.87. The largest absolute Gasteiger partial charge is 0.443 e. The zero-order valence-electron chi connectivity index (χ0n) is 25.1. The molecule has 2 aliphatic rings. The van der Waals surface area contributed by atoms with E-state index in [1.54, 1.807) is 12.1 Å². The van der Waals surface area contributed by atoms with Gasteiger partial charge in [0.15, 0.2) is 0 Å². The second-order valence-electron chi connectivity index (χ2n) is 13.6. The second kappa shape index (κ2) is 10.9. The van der Waals surface area contributed by atoms with Gasteiger partial charge >= 0.3 is 6.09 Å². The Balaban J connectivity index is 1.68. The highest BCUT2D eigenvalue weighted by Crippen LogP contribution is 2.39. The fourth-order valence-corrected chi connectivity index (χ4v) is 5.87. The Hall–Kier alpha value is -3.20. The summed E-state index contributed by atoms with van der Waals surface area (Å²) < 4.78 is 7.37. The quantitative estimate of drug-likeness (QED) is 0.366. The van der Waals surface area contributed by atoms with E-state index in [4.69, 9.17) is 4.74 Å². The van der Waals surface area contributed by atoms with Crippen LogP contribution in [0.15, 0.2) is 36.4 Å². The Morgan fingerprint density at radius 2 is 1.71 bits per heavy atom. The number of rotatable bonds is 5. The summed E-state index contributed by atoms with van der Waals surface area (Å²) in [6.07, 6.45) is 0.939. The van der Waals surface area contributed by atoms with Gasteiger partial charge in [0.25, 0.3) is 5.91 Å². The van der Waals surface area contributed by atoms with Crippen molar-refractivity contribution in [2.24, 2.45) is 5.41 Å². The number of nitrogens with one attached hydrogen (secondary N) is 1. The number of piperidine rings is 1. The lowest BCUT2D eigenvalue weighted by Gasteiger charge is -2.30. The minimum atomic E-state index is -1.18. The Bertz CT molecular complexity index is 1470. The van der Waals surface area contributed by atoms with Crippen LogP contribution in [-0.2, 0) is 17.8 Å². The molecule has 2 aliphatic heterocycles. The average Bonchev–Trinajstić information content (AvgIpc) is 3.46. The molecule has 41 heavy (non-hydrogen) atoms. The van der Waals surface area contributed by atoms with Gasteiger partial charge in [-0.15, -0.1) is 0 Å². The van der Waals surface area contributed by atoms with Crippen molar-refractivity contribution in [1.29, 1.82) is 0 Å². The number of aliphatic hydroxyl groups is 2. The molecule has 2 aromatic carbocycles. The number of aliphatic hydroxyl groups excluding tert-OH is 2. The minimum absolute atomic E-state index is 0.237. The monoisotopic (exact) mass is 561 g/mol. The number of benzene rings is 2. The molecule has 8 nitrogen and oxygen atoms in total. The third-order valence-corrected chi connectivity index (χ3v) is 8.01. The highest BCUT2D eigenvalue weighted by molar-refractivity contribution is 6.07. The highest BCUT2D eigenvalue weighted by Gasteiger charge is 2.34. The molecule has 1 saturated heterocycles. The van der Waals surface area contributed by atoms with Gasteiger partial charge in [-0.25, -0.2) is 9.36 Å². The Morgan fingerprint density at radius 1 is 1.00 bits per heavy atom. The first-order valence-corrected chi connectivity index (χ1v) is 14.6. The van der Waals surface area contributed by atoms with E-state index in [9.17, 15) is 19.8 Å². The smallest absolute Gasteiger partial charge is 0.419 e. The molecule has 3 heterocycles. The number of amides is 1. The van der Waals surface area contributed by atoms with Crippen molar-refractivity contribution in [3.8, 4) is 11.3 Å². The zero-order chi connectivity index (χ0) is 29.7. The van der Waals surface area contributed by atoms with Crippen LogP contribution in [0, 0.1) is 5.41 Å². The molecule has 8 heteroatoms. The number of carbonyl (C=O) groups is 2. The number of fused-ring (bicyclic) bond motifs is 2. The molecule has 220 valence electrons. The summed E-state index contributed by atoms with van der Waals surface area (Å²) in [5, 5.41) is 25.9. The summed E-state index contributed by atoms with van der Waals surface area (Å²) >= 11 is 0. The van der Waals surface area contributed by atoms with Crippen LogP contribution in [0.25, 0.3) is 22.2 Å². The Kier molecular flexibility index (Phi) is 7.78. The standard InChI is InChI=1S/C33H43N3O5/c1-32(2,3)29(38)28(37)22-15-23-18-34-30(39)27(23)24(16-22)26-17-21-14-20(19-35-12-8-7-9-13-35)10-11-25(21)36(26)31(40)41-33(4,5)6/h10-11,14-17,28-29,37-38H,7-9,12-13,18-19H2,1-6H3,(H,34,39). The van der Waals surface area contributed by atoms with Crippen molar-refractivity contribution in [3.05, 3.63) is 58.7 Å². The molecular formula is C33H43N3O5. The van der Waals surface area contributed by atoms with E-state index in [1.165, 1.54) is 23.8 Å². The van der Waals surface area contributed by atoms with Gasteiger partial charge in [0, 0.05) is 24.0 Å². The molecule has 1 amide bonds. The van der Waals surface area contributed by atoms with E-state index in [0.29, 0.717) is 34.4 Å². The first-order chi connectivity index (χ1) is 19.2. The molecule has 1 fully saturated rings. The molecule has 1 aromatic heterocycles. The van der Waals surface area contributed by atoms with Crippen molar-refractivity contribution in [2.45, 2.75) is 91.7 Å². The molecule has 0 aliphatic carbocycles. The summed E-state index contributed by atoms with van der Waals surface area (Å²) in [6, 6.07) is 11.5. The fraction of sp³-hybridized carbons (Fsp3) is 0.515. The van der Waals surface area contributed by atoms with Crippen molar-refractivity contribution < 1.29 is 24.5 Å². The lowest BCUT2D eigenvalue weighted by molar-refractivity contribution is -0.0458. The van der Waals surface area contributed by atoms with Crippen LogP contribution in [0.2, 0.25) is 0 Å². The zero-order valence-corrected chi connectivity index (χ0v) is 25.1. The van der Waals surface area contributed by atoms with Gasteiger partial charge in [0.2, 0.25) is 0 Å². The number of hydrogen-bond donors (Lipinski definition) is 3. The topological polar surface area (TPSA) is 104 Å². The molecule has 2 atom stereocenters. The van der Waals surface area contributed by atoms with Gasteiger partial charge in [-0.2, -0.15) is 0 Å². The predicted octanol–water partition coefficient (Wildman–Crippen LogP) is 5.76. The molecule has 5 rings (SSSR count). The van der Waals surface area contributed by atoms with Crippen LogP contribution in [0.3, 0.4) is 0 Å². The van der Waals surface area contributed by atoms with Crippen molar-refractivity contribution in [2.75, 3.05) is 13.1 Å². The van der Waals surface area contributed by atoms with Crippen LogP contribution >= 0.6 is 0 Å². The first-order valence-electron chi connectivity index (χ1n) is 14.6. The van der Waals surface area contributed by atoms with Gasteiger partial charge < -0.3 is 20.3 Å². The lowest BCUT2D eigenvalue weighted by Crippen LogP contribution is -2.32. The Labute approximate surface area is 242 Å². The Morgan fingerprint density at radius 3 is 2.37 bits per heavy atom. The maximum Gasteiger partial charge on any atom is 0.419 e. The second-order valence-corrected chi connectivity index (χ2v) is 13.6. The summed E-state index contributed by atoms with van der Waals surface area (Å²) in [5.41, 5.74) is 3.25. The van der Waals surface area contributed by atoms with Crippen molar-refractivity contribution in [3.63, 3.8) is 0 Å². The van der Waals surface area contributed by atoms with Crippen LogP contribution < -0.4 is 5.32 Å². The first kappa shape index (κ1) is 29.3. The molecule has 0 spiro atoms. The van der Waals surface area contributed by atoms with Crippen LogP contribution in [-0.4, -0.2) is 56.5 Å².